The number of hydrogen-bond donors (Lipinski definition) is 1. The van der Waals surface area contributed by atoms with Crippen molar-refractivity contribution in [3.8, 4) is 10.6 Å². The van der Waals surface area contributed by atoms with E-state index in [1.165, 1.54) is 12.6 Å². The number of nitrogens with zero attached hydrogens (tertiary/aromatic N) is 4. The molecule has 0 saturated carbocycles. The van der Waals surface area contributed by atoms with E-state index in [-0.39, 0.29) is 11.1 Å². The molecular weight excluding hydrogens is 459 g/mol. The van der Waals surface area contributed by atoms with Gasteiger partial charge in [-0.2, -0.15) is 13.2 Å². The highest BCUT2D eigenvalue weighted by Gasteiger charge is 2.37. The molecule has 0 radical (unpaired) electrons. The van der Waals surface area contributed by atoms with E-state index in [0.717, 1.165) is 37.1 Å². The third kappa shape index (κ3) is 4.63. The van der Waals surface area contributed by atoms with Gasteiger partial charge in [-0.15, -0.1) is 21.5 Å². The molecule has 0 aliphatic heterocycles. The van der Waals surface area contributed by atoms with Gasteiger partial charge in [0.2, 0.25) is 11.7 Å². The van der Waals surface area contributed by atoms with Crippen LogP contribution in [0.3, 0.4) is 0 Å². The molecule has 1 atom stereocenters. The average Bonchev–Trinajstić information content (AvgIpc) is 3.31. The number of halogens is 3. The van der Waals surface area contributed by atoms with Gasteiger partial charge in [0, 0.05) is 18.3 Å². The van der Waals surface area contributed by atoms with Crippen LogP contribution in [-0.4, -0.2) is 30.9 Å². The van der Waals surface area contributed by atoms with Gasteiger partial charge in [0.15, 0.2) is 5.16 Å². The number of hydrogen-bond acceptors (Lipinski definition) is 6. The molecule has 1 amide bonds. The van der Waals surface area contributed by atoms with Crippen LogP contribution in [0.1, 0.15) is 18.3 Å². The summed E-state index contributed by atoms with van der Waals surface area (Å²) in [4.78, 5) is 17.2. The van der Waals surface area contributed by atoms with Gasteiger partial charge in [-0.05, 0) is 55.8 Å². The molecule has 0 aliphatic carbocycles. The second-order valence-corrected chi connectivity index (χ2v) is 9.52. The Hall–Kier alpha value is -2.92. The van der Waals surface area contributed by atoms with Gasteiger partial charge < -0.3 is 9.88 Å². The van der Waals surface area contributed by atoms with Crippen molar-refractivity contribution in [2.75, 3.05) is 5.32 Å². The van der Waals surface area contributed by atoms with Crippen LogP contribution in [0.2, 0.25) is 0 Å². The average molecular weight is 478 g/mol. The van der Waals surface area contributed by atoms with Gasteiger partial charge in [-0.1, -0.05) is 17.8 Å². The van der Waals surface area contributed by atoms with Gasteiger partial charge in [-0.3, -0.25) is 4.79 Å². The lowest BCUT2D eigenvalue weighted by atomic mass is 10.2. The maximum absolute atomic E-state index is 12.9. The van der Waals surface area contributed by atoms with Gasteiger partial charge in [-0.25, -0.2) is 4.98 Å². The molecule has 2 aromatic carbocycles. The van der Waals surface area contributed by atoms with Crippen LogP contribution in [0.5, 0.6) is 0 Å². The van der Waals surface area contributed by atoms with Gasteiger partial charge >= 0.3 is 6.18 Å². The number of aromatic nitrogens is 4. The fourth-order valence-corrected chi connectivity index (χ4v) is 4.86. The first kappa shape index (κ1) is 22.3. The molecule has 0 fully saturated rings. The minimum Gasteiger partial charge on any atom is -0.325 e. The second kappa shape index (κ2) is 8.55. The zero-order chi connectivity index (χ0) is 23.0. The Labute approximate surface area is 189 Å². The highest BCUT2D eigenvalue weighted by molar-refractivity contribution is 8.00. The molecule has 32 heavy (non-hydrogen) atoms. The van der Waals surface area contributed by atoms with Crippen LogP contribution in [0.4, 0.5) is 18.9 Å². The number of nitrogens with one attached hydrogen (secondary N) is 1. The molecule has 4 rings (SSSR count). The summed E-state index contributed by atoms with van der Waals surface area (Å²) < 4.78 is 40.5. The van der Waals surface area contributed by atoms with Crippen LogP contribution in [0, 0.1) is 6.92 Å². The van der Waals surface area contributed by atoms with Crippen molar-refractivity contribution in [2.24, 2.45) is 7.05 Å². The van der Waals surface area contributed by atoms with E-state index in [1.54, 1.807) is 30.4 Å². The number of thiazole rings is 1. The Morgan fingerprint density at radius 1 is 1.16 bits per heavy atom. The number of fused-ring (bicyclic) bond motifs is 1. The topological polar surface area (TPSA) is 72.7 Å². The molecule has 0 bridgehead atoms. The Morgan fingerprint density at radius 2 is 1.88 bits per heavy atom. The van der Waals surface area contributed by atoms with Crippen LogP contribution in [-0.2, 0) is 18.0 Å². The smallest absolute Gasteiger partial charge is 0.325 e. The van der Waals surface area contributed by atoms with Crippen LogP contribution >= 0.6 is 23.1 Å². The van der Waals surface area contributed by atoms with Crippen LogP contribution in [0.15, 0.2) is 47.6 Å². The predicted molar refractivity (Wildman–Crippen MR) is 120 cm³/mol. The molecule has 6 nitrogen and oxygen atoms in total. The van der Waals surface area contributed by atoms with Crippen molar-refractivity contribution in [3.63, 3.8) is 0 Å². The van der Waals surface area contributed by atoms with Gasteiger partial charge in [0.1, 0.15) is 5.01 Å². The van der Waals surface area contributed by atoms with E-state index in [0.29, 0.717) is 5.69 Å². The van der Waals surface area contributed by atoms with E-state index >= 15 is 0 Å². The minimum absolute atomic E-state index is 0.0152. The van der Waals surface area contributed by atoms with Crippen molar-refractivity contribution < 1.29 is 18.0 Å². The molecule has 1 unspecified atom stereocenters. The van der Waals surface area contributed by atoms with Crippen molar-refractivity contribution in [2.45, 2.75) is 30.4 Å². The molecule has 0 saturated heterocycles. The van der Waals surface area contributed by atoms with E-state index in [2.05, 4.69) is 26.6 Å². The number of aryl methyl sites for hydroxylation is 1. The van der Waals surface area contributed by atoms with Crippen LogP contribution < -0.4 is 5.32 Å². The first-order valence-corrected chi connectivity index (χ1v) is 11.2. The summed E-state index contributed by atoms with van der Waals surface area (Å²) in [5, 5.41) is 9.72. The normalized spacial score (nSPS) is 12.8. The number of benzene rings is 2. The number of thioether (sulfide) groups is 1. The van der Waals surface area contributed by atoms with Crippen molar-refractivity contribution in [3.05, 3.63) is 53.9 Å². The molecule has 11 heteroatoms. The third-order valence-corrected chi connectivity index (χ3v) is 6.88. The molecule has 2 aromatic heterocycles. The van der Waals surface area contributed by atoms with Crippen molar-refractivity contribution in [1.82, 2.24) is 19.7 Å². The lowest BCUT2D eigenvalue weighted by Crippen LogP contribution is -2.23. The van der Waals surface area contributed by atoms with Crippen LogP contribution in [0.25, 0.3) is 20.8 Å². The Morgan fingerprint density at radius 3 is 2.53 bits per heavy atom. The van der Waals surface area contributed by atoms with Crippen molar-refractivity contribution in [1.29, 1.82) is 0 Å². The number of carbonyl (C=O) groups excluding carboxylic acids is 1. The Bertz CT molecular complexity index is 1280. The third-order valence-electron chi connectivity index (χ3n) is 4.68. The largest absolute Gasteiger partial charge is 0.451 e. The summed E-state index contributed by atoms with van der Waals surface area (Å²) in [5.41, 5.74) is 3.63. The summed E-state index contributed by atoms with van der Waals surface area (Å²) in [6.07, 6.45) is -4.60. The summed E-state index contributed by atoms with van der Waals surface area (Å²) in [6.45, 7) is 3.63. The lowest BCUT2D eigenvalue weighted by molar-refractivity contribution is -0.147. The zero-order valence-electron chi connectivity index (χ0n) is 17.3. The van der Waals surface area contributed by atoms with Gasteiger partial charge in [0.25, 0.3) is 0 Å². The summed E-state index contributed by atoms with van der Waals surface area (Å²) >= 11 is 2.51. The monoisotopic (exact) mass is 477 g/mol. The maximum atomic E-state index is 12.9. The Balaban J connectivity index is 1.42. The maximum Gasteiger partial charge on any atom is 0.451 e. The quantitative estimate of drug-likeness (QED) is 0.382. The number of amides is 1. The highest BCUT2D eigenvalue weighted by atomic mass is 32.2. The first-order valence-electron chi connectivity index (χ1n) is 9.53. The summed E-state index contributed by atoms with van der Waals surface area (Å²) in [5.74, 6) is -1.46. The molecule has 4 aromatic rings. The molecule has 2 heterocycles. The van der Waals surface area contributed by atoms with E-state index < -0.39 is 17.3 Å². The van der Waals surface area contributed by atoms with Crippen molar-refractivity contribution >= 4 is 44.9 Å². The fourth-order valence-electron chi connectivity index (χ4n) is 2.97. The first-order chi connectivity index (χ1) is 15.1. The van der Waals surface area contributed by atoms with E-state index in [9.17, 15) is 18.0 Å². The summed E-state index contributed by atoms with van der Waals surface area (Å²) in [7, 11) is 1.22. The minimum atomic E-state index is -4.60. The number of alkyl halides is 3. The van der Waals surface area contributed by atoms with E-state index in [4.69, 9.17) is 0 Å². The standard InChI is InChI=1S/C21H18F3N5OS2/c1-11-4-9-15-16(10-11)32-18(26-15)13-5-7-14(8-6-13)25-17(30)12(2)31-20-28-27-19(29(20)3)21(22,23)24/h4-10,12H,1-3H3,(H,25,30). The molecule has 0 aliphatic rings. The Kier molecular flexibility index (Phi) is 5.95. The molecule has 0 spiro atoms. The van der Waals surface area contributed by atoms with Gasteiger partial charge in [0.05, 0.1) is 15.5 Å². The van der Waals surface area contributed by atoms with E-state index in [1.807, 2.05) is 31.2 Å². The zero-order valence-corrected chi connectivity index (χ0v) is 18.9. The fraction of sp³-hybridized carbons (Fsp3) is 0.238. The SMILES string of the molecule is Cc1ccc2nc(-c3ccc(NC(=O)C(C)Sc4nnc(C(F)(F)F)n4C)cc3)sc2c1. The predicted octanol–water partition coefficient (Wildman–Crippen LogP) is 5.54. The number of carbonyl (C=O) groups is 1. The number of anilines is 1. The summed E-state index contributed by atoms with van der Waals surface area (Å²) in [6, 6.07) is 13.4. The lowest BCUT2D eigenvalue weighted by Gasteiger charge is -2.12. The molecule has 166 valence electrons. The highest BCUT2D eigenvalue weighted by Crippen LogP contribution is 2.32. The second-order valence-electron chi connectivity index (χ2n) is 7.18. The number of rotatable bonds is 5. The molecule has 1 N–H and O–H groups in total. The molecular formula is C21H18F3N5OS2.